The minimum atomic E-state index is -0.340. The second-order valence-corrected chi connectivity index (χ2v) is 7.17. The molecule has 2 fully saturated rings. The fourth-order valence-corrected chi connectivity index (χ4v) is 3.80. The summed E-state index contributed by atoms with van der Waals surface area (Å²) in [5.41, 5.74) is 6.01. The standard InChI is InChI=1S/C18H24ClN3O3/c19-15-3-1-2-14(10-15)11-16(23)22-8-9-25-18(13-22)4-6-21(7-5-18)17(24)12-20/h1-3,10H,4-9,11-13,20H2. The highest BCUT2D eigenvalue weighted by molar-refractivity contribution is 6.30. The van der Waals surface area contributed by atoms with Crippen LogP contribution in [-0.4, -0.2) is 66.5 Å². The molecule has 0 atom stereocenters. The van der Waals surface area contributed by atoms with Crippen LogP contribution in [0.4, 0.5) is 0 Å². The fourth-order valence-electron chi connectivity index (χ4n) is 3.59. The Morgan fingerprint density at radius 3 is 2.60 bits per heavy atom. The zero-order valence-corrected chi connectivity index (χ0v) is 15.0. The van der Waals surface area contributed by atoms with Crippen LogP contribution >= 0.6 is 11.6 Å². The molecule has 2 amide bonds. The molecule has 7 heteroatoms. The first-order valence-corrected chi connectivity index (χ1v) is 9.03. The Hall–Kier alpha value is -1.63. The van der Waals surface area contributed by atoms with E-state index in [4.69, 9.17) is 22.1 Å². The number of piperidine rings is 1. The molecule has 25 heavy (non-hydrogen) atoms. The Bertz CT molecular complexity index is 644. The Balaban J connectivity index is 1.59. The topological polar surface area (TPSA) is 75.9 Å². The second-order valence-electron chi connectivity index (χ2n) is 6.74. The SMILES string of the molecule is NCC(=O)N1CCC2(CC1)CN(C(=O)Cc1cccc(Cl)c1)CCO2. The van der Waals surface area contributed by atoms with Gasteiger partial charge in [0.05, 0.1) is 25.2 Å². The lowest BCUT2D eigenvalue weighted by Crippen LogP contribution is -2.59. The highest BCUT2D eigenvalue weighted by Gasteiger charge is 2.41. The lowest BCUT2D eigenvalue weighted by Gasteiger charge is -2.47. The summed E-state index contributed by atoms with van der Waals surface area (Å²) in [5, 5.41) is 0.640. The van der Waals surface area contributed by atoms with Gasteiger partial charge in [0, 0.05) is 31.2 Å². The number of ether oxygens (including phenoxy) is 1. The largest absolute Gasteiger partial charge is 0.371 e. The Morgan fingerprint density at radius 2 is 1.92 bits per heavy atom. The number of halogens is 1. The highest BCUT2D eigenvalue weighted by atomic mass is 35.5. The summed E-state index contributed by atoms with van der Waals surface area (Å²) in [6.45, 7) is 3.02. The third kappa shape index (κ3) is 4.32. The zero-order chi connectivity index (χ0) is 17.9. The number of rotatable bonds is 3. The van der Waals surface area contributed by atoms with Gasteiger partial charge in [-0.25, -0.2) is 0 Å². The van der Waals surface area contributed by atoms with Gasteiger partial charge in [-0.3, -0.25) is 9.59 Å². The van der Waals surface area contributed by atoms with E-state index in [1.807, 2.05) is 23.1 Å². The van der Waals surface area contributed by atoms with Gasteiger partial charge in [0.2, 0.25) is 11.8 Å². The summed E-state index contributed by atoms with van der Waals surface area (Å²) < 4.78 is 6.03. The van der Waals surface area contributed by atoms with Crippen molar-refractivity contribution in [3.8, 4) is 0 Å². The molecule has 0 unspecified atom stereocenters. The van der Waals surface area contributed by atoms with Crippen molar-refractivity contribution >= 4 is 23.4 Å². The molecule has 2 saturated heterocycles. The van der Waals surface area contributed by atoms with Crippen molar-refractivity contribution in [2.45, 2.75) is 24.9 Å². The maximum Gasteiger partial charge on any atom is 0.236 e. The Labute approximate surface area is 152 Å². The molecular formula is C18H24ClN3O3. The van der Waals surface area contributed by atoms with Crippen LogP contribution in [0.15, 0.2) is 24.3 Å². The Kier molecular flexibility index (Phi) is 5.61. The molecule has 2 aliphatic rings. The quantitative estimate of drug-likeness (QED) is 0.869. The molecule has 0 aliphatic carbocycles. The first-order valence-electron chi connectivity index (χ1n) is 8.65. The van der Waals surface area contributed by atoms with Crippen LogP contribution in [0, 0.1) is 0 Å². The summed E-state index contributed by atoms with van der Waals surface area (Å²) in [5.74, 6) is 0.0601. The summed E-state index contributed by atoms with van der Waals surface area (Å²) in [7, 11) is 0. The Morgan fingerprint density at radius 1 is 1.16 bits per heavy atom. The highest BCUT2D eigenvalue weighted by Crippen LogP contribution is 2.30. The van der Waals surface area contributed by atoms with Crippen molar-refractivity contribution < 1.29 is 14.3 Å². The van der Waals surface area contributed by atoms with Gasteiger partial charge in [0.1, 0.15) is 0 Å². The lowest BCUT2D eigenvalue weighted by atomic mass is 9.89. The summed E-state index contributed by atoms with van der Waals surface area (Å²) in [6, 6.07) is 7.40. The normalized spacial score (nSPS) is 19.9. The van der Waals surface area contributed by atoms with Crippen LogP contribution < -0.4 is 5.73 Å². The molecule has 0 aromatic heterocycles. The van der Waals surface area contributed by atoms with E-state index in [1.54, 1.807) is 11.0 Å². The van der Waals surface area contributed by atoms with Crippen molar-refractivity contribution in [1.29, 1.82) is 0 Å². The third-order valence-electron chi connectivity index (χ3n) is 5.05. The molecule has 3 rings (SSSR count). The number of amides is 2. The van der Waals surface area contributed by atoms with E-state index in [2.05, 4.69) is 0 Å². The number of nitrogens with two attached hydrogens (primary N) is 1. The minimum absolute atomic E-state index is 0.0282. The van der Waals surface area contributed by atoms with Gasteiger partial charge in [0.15, 0.2) is 0 Å². The first kappa shape index (κ1) is 18.2. The molecule has 1 spiro atoms. The zero-order valence-electron chi connectivity index (χ0n) is 14.2. The predicted octanol–water partition coefficient (Wildman–Crippen LogP) is 1.06. The van der Waals surface area contributed by atoms with Crippen LogP contribution in [0.25, 0.3) is 0 Å². The maximum absolute atomic E-state index is 12.7. The second kappa shape index (κ2) is 7.72. The predicted molar refractivity (Wildman–Crippen MR) is 95.3 cm³/mol. The molecule has 2 N–H and O–H groups in total. The number of hydrogen-bond donors (Lipinski definition) is 1. The van der Waals surface area contributed by atoms with Crippen molar-refractivity contribution in [1.82, 2.24) is 9.80 Å². The average molecular weight is 366 g/mol. The number of carbonyl (C=O) groups is 2. The smallest absolute Gasteiger partial charge is 0.236 e. The van der Waals surface area contributed by atoms with Gasteiger partial charge in [0.25, 0.3) is 0 Å². The van der Waals surface area contributed by atoms with Crippen LogP contribution in [-0.2, 0) is 20.7 Å². The molecule has 1 aromatic carbocycles. The average Bonchev–Trinajstić information content (AvgIpc) is 2.62. The fraction of sp³-hybridized carbons (Fsp3) is 0.556. The van der Waals surface area contributed by atoms with Gasteiger partial charge in [-0.15, -0.1) is 0 Å². The number of hydrogen-bond acceptors (Lipinski definition) is 4. The molecule has 6 nitrogen and oxygen atoms in total. The molecule has 2 heterocycles. The first-order chi connectivity index (χ1) is 12.0. The summed E-state index contributed by atoms with van der Waals surface area (Å²) >= 11 is 6.00. The monoisotopic (exact) mass is 365 g/mol. The molecular weight excluding hydrogens is 342 g/mol. The molecule has 2 aliphatic heterocycles. The van der Waals surface area contributed by atoms with Crippen molar-refractivity contribution in [3.05, 3.63) is 34.9 Å². The van der Waals surface area contributed by atoms with Crippen molar-refractivity contribution in [3.63, 3.8) is 0 Å². The van der Waals surface area contributed by atoms with Crippen LogP contribution in [0.1, 0.15) is 18.4 Å². The maximum atomic E-state index is 12.7. The van der Waals surface area contributed by atoms with E-state index in [1.165, 1.54) is 0 Å². The van der Waals surface area contributed by atoms with E-state index in [9.17, 15) is 9.59 Å². The van der Waals surface area contributed by atoms with Gasteiger partial charge in [-0.05, 0) is 30.5 Å². The summed E-state index contributed by atoms with van der Waals surface area (Å²) in [4.78, 5) is 28.1. The van der Waals surface area contributed by atoms with E-state index >= 15 is 0 Å². The molecule has 0 radical (unpaired) electrons. The number of benzene rings is 1. The number of carbonyl (C=O) groups excluding carboxylic acids is 2. The molecule has 1 aromatic rings. The number of likely N-dealkylation sites (tertiary alicyclic amines) is 1. The van der Waals surface area contributed by atoms with E-state index in [0.717, 1.165) is 18.4 Å². The number of nitrogens with zero attached hydrogens (tertiary/aromatic N) is 2. The van der Waals surface area contributed by atoms with E-state index in [-0.39, 0.29) is 24.0 Å². The van der Waals surface area contributed by atoms with E-state index < -0.39 is 0 Å². The molecule has 136 valence electrons. The van der Waals surface area contributed by atoms with Crippen molar-refractivity contribution in [2.75, 3.05) is 39.3 Å². The van der Waals surface area contributed by atoms with Crippen LogP contribution in [0.5, 0.6) is 0 Å². The van der Waals surface area contributed by atoms with Gasteiger partial charge >= 0.3 is 0 Å². The molecule has 0 bridgehead atoms. The lowest BCUT2D eigenvalue weighted by molar-refractivity contribution is -0.162. The van der Waals surface area contributed by atoms with Crippen LogP contribution in [0.3, 0.4) is 0 Å². The van der Waals surface area contributed by atoms with E-state index in [0.29, 0.717) is 44.2 Å². The third-order valence-corrected chi connectivity index (χ3v) is 5.28. The van der Waals surface area contributed by atoms with Gasteiger partial charge in [-0.2, -0.15) is 0 Å². The van der Waals surface area contributed by atoms with Gasteiger partial charge in [-0.1, -0.05) is 23.7 Å². The number of morpholine rings is 1. The minimum Gasteiger partial charge on any atom is -0.371 e. The van der Waals surface area contributed by atoms with Crippen molar-refractivity contribution in [2.24, 2.45) is 5.73 Å². The van der Waals surface area contributed by atoms with Crippen LogP contribution in [0.2, 0.25) is 5.02 Å². The van der Waals surface area contributed by atoms with Gasteiger partial charge < -0.3 is 20.3 Å². The summed E-state index contributed by atoms with van der Waals surface area (Å²) in [6.07, 6.45) is 1.81. The molecule has 0 saturated carbocycles.